The van der Waals surface area contributed by atoms with Crippen LogP contribution >= 0.6 is 0 Å². The van der Waals surface area contributed by atoms with Gasteiger partial charge in [0.15, 0.2) is 0 Å². The van der Waals surface area contributed by atoms with Crippen molar-refractivity contribution in [2.45, 2.75) is 18.9 Å². The number of nitrogens with zero attached hydrogens (tertiary/aromatic N) is 2. The van der Waals surface area contributed by atoms with E-state index in [1.165, 1.54) is 7.11 Å². The SMILES string of the molecule is COc1cc(NCC(O)C2CC2)nc(N)n1. The molecular formula is C10H16N4O2. The van der Waals surface area contributed by atoms with Gasteiger partial charge in [0, 0.05) is 12.6 Å². The maximum atomic E-state index is 9.68. The normalized spacial score (nSPS) is 16.9. The van der Waals surface area contributed by atoms with Crippen LogP contribution in [-0.2, 0) is 0 Å². The van der Waals surface area contributed by atoms with E-state index in [4.69, 9.17) is 10.5 Å². The summed E-state index contributed by atoms with van der Waals surface area (Å²) >= 11 is 0. The first-order chi connectivity index (χ1) is 7.69. The van der Waals surface area contributed by atoms with Crippen LogP contribution in [0.3, 0.4) is 0 Å². The van der Waals surface area contributed by atoms with Crippen LogP contribution in [-0.4, -0.2) is 34.8 Å². The average Bonchev–Trinajstić information content (AvgIpc) is 3.08. The van der Waals surface area contributed by atoms with Crippen molar-refractivity contribution >= 4 is 11.8 Å². The molecule has 0 radical (unpaired) electrons. The summed E-state index contributed by atoms with van der Waals surface area (Å²) in [5, 5.41) is 12.7. The first kappa shape index (κ1) is 10.9. The molecule has 4 N–H and O–H groups in total. The van der Waals surface area contributed by atoms with E-state index < -0.39 is 0 Å². The number of anilines is 2. The van der Waals surface area contributed by atoms with Crippen molar-refractivity contribution in [3.63, 3.8) is 0 Å². The zero-order valence-electron chi connectivity index (χ0n) is 9.18. The number of methoxy groups -OCH3 is 1. The third-order valence-electron chi connectivity index (χ3n) is 2.59. The average molecular weight is 224 g/mol. The maximum Gasteiger partial charge on any atom is 0.225 e. The van der Waals surface area contributed by atoms with E-state index in [1.54, 1.807) is 6.07 Å². The van der Waals surface area contributed by atoms with Gasteiger partial charge in [-0.3, -0.25) is 0 Å². The smallest absolute Gasteiger partial charge is 0.225 e. The molecule has 1 aromatic rings. The van der Waals surface area contributed by atoms with Gasteiger partial charge in [-0.15, -0.1) is 0 Å². The first-order valence-corrected chi connectivity index (χ1v) is 5.29. The van der Waals surface area contributed by atoms with E-state index in [-0.39, 0.29) is 12.1 Å². The summed E-state index contributed by atoms with van der Waals surface area (Å²) in [5.74, 6) is 1.58. The number of aliphatic hydroxyl groups excluding tert-OH is 1. The minimum atomic E-state index is -0.317. The van der Waals surface area contributed by atoms with Gasteiger partial charge < -0.3 is 20.9 Å². The van der Waals surface area contributed by atoms with E-state index in [9.17, 15) is 5.11 Å². The van der Waals surface area contributed by atoms with Crippen molar-refractivity contribution in [2.75, 3.05) is 24.7 Å². The highest BCUT2D eigenvalue weighted by Crippen LogP contribution is 2.32. The van der Waals surface area contributed by atoms with Crippen molar-refractivity contribution in [3.05, 3.63) is 6.07 Å². The number of aromatic nitrogens is 2. The molecule has 0 spiro atoms. The number of hydrogen-bond acceptors (Lipinski definition) is 6. The largest absolute Gasteiger partial charge is 0.481 e. The zero-order valence-corrected chi connectivity index (χ0v) is 9.18. The molecule has 0 aromatic carbocycles. The topological polar surface area (TPSA) is 93.3 Å². The zero-order chi connectivity index (χ0) is 11.5. The highest BCUT2D eigenvalue weighted by atomic mass is 16.5. The van der Waals surface area contributed by atoms with Gasteiger partial charge in [0.25, 0.3) is 0 Å². The number of hydrogen-bond donors (Lipinski definition) is 3. The van der Waals surface area contributed by atoms with Crippen LogP contribution in [0.2, 0.25) is 0 Å². The minimum Gasteiger partial charge on any atom is -0.481 e. The van der Waals surface area contributed by atoms with Gasteiger partial charge in [-0.1, -0.05) is 0 Å². The Morgan fingerprint density at radius 1 is 1.62 bits per heavy atom. The summed E-state index contributed by atoms with van der Waals surface area (Å²) in [5.41, 5.74) is 5.51. The second-order valence-corrected chi connectivity index (χ2v) is 3.94. The molecule has 1 fully saturated rings. The monoisotopic (exact) mass is 224 g/mol. The molecule has 2 rings (SSSR count). The van der Waals surface area contributed by atoms with E-state index in [0.717, 1.165) is 12.8 Å². The number of nitrogens with two attached hydrogens (primary N) is 1. The summed E-state index contributed by atoms with van der Waals surface area (Å²) in [7, 11) is 1.52. The lowest BCUT2D eigenvalue weighted by atomic mass is 10.2. The maximum absolute atomic E-state index is 9.68. The van der Waals surface area contributed by atoms with Crippen LogP contribution in [0.15, 0.2) is 6.07 Å². The van der Waals surface area contributed by atoms with E-state index in [1.807, 2.05) is 0 Å². The lowest BCUT2D eigenvalue weighted by molar-refractivity contribution is 0.164. The molecule has 1 heterocycles. The summed E-state index contributed by atoms with van der Waals surface area (Å²) in [6.07, 6.45) is 1.90. The fourth-order valence-corrected chi connectivity index (χ4v) is 1.49. The summed E-state index contributed by atoms with van der Waals surface area (Å²) < 4.78 is 4.97. The van der Waals surface area contributed by atoms with E-state index in [0.29, 0.717) is 24.2 Å². The van der Waals surface area contributed by atoms with Gasteiger partial charge in [0.05, 0.1) is 13.2 Å². The van der Waals surface area contributed by atoms with Crippen LogP contribution < -0.4 is 15.8 Å². The van der Waals surface area contributed by atoms with Crippen LogP contribution in [0.4, 0.5) is 11.8 Å². The molecule has 0 saturated heterocycles. The molecule has 6 heteroatoms. The number of nitrogen functional groups attached to an aromatic ring is 1. The number of rotatable bonds is 5. The van der Waals surface area contributed by atoms with Crippen molar-refractivity contribution in [2.24, 2.45) is 5.92 Å². The molecule has 1 atom stereocenters. The second-order valence-electron chi connectivity index (χ2n) is 3.94. The fraction of sp³-hybridized carbons (Fsp3) is 0.600. The molecule has 88 valence electrons. The lowest BCUT2D eigenvalue weighted by Gasteiger charge is -2.11. The predicted octanol–water partition coefficient (Wildman–Crippen LogP) is 0.250. The molecule has 1 saturated carbocycles. The van der Waals surface area contributed by atoms with Crippen LogP contribution in [0.1, 0.15) is 12.8 Å². The Labute approximate surface area is 93.9 Å². The van der Waals surface area contributed by atoms with Gasteiger partial charge in [-0.2, -0.15) is 9.97 Å². The second kappa shape index (κ2) is 4.52. The van der Waals surface area contributed by atoms with Crippen molar-refractivity contribution in [3.8, 4) is 5.88 Å². The van der Waals surface area contributed by atoms with Crippen molar-refractivity contribution in [1.82, 2.24) is 9.97 Å². The summed E-state index contributed by atoms with van der Waals surface area (Å²) in [6, 6.07) is 1.65. The van der Waals surface area contributed by atoms with Gasteiger partial charge in [0.1, 0.15) is 5.82 Å². The summed E-state index contributed by atoms with van der Waals surface area (Å²) in [6.45, 7) is 0.476. The minimum absolute atomic E-state index is 0.155. The Bertz CT molecular complexity index is 368. The Morgan fingerprint density at radius 3 is 3.00 bits per heavy atom. The van der Waals surface area contributed by atoms with Crippen molar-refractivity contribution in [1.29, 1.82) is 0 Å². The van der Waals surface area contributed by atoms with E-state index in [2.05, 4.69) is 15.3 Å². The number of aliphatic hydroxyl groups is 1. The first-order valence-electron chi connectivity index (χ1n) is 5.29. The molecule has 0 bridgehead atoms. The highest BCUT2D eigenvalue weighted by molar-refractivity contribution is 5.42. The van der Waals surface area contributed by atoms with Crippen LogP contribution in [0.25, 0.3) is 0 Å². The predicted molar refractivity (Wildman–Crippen MR) is 60.2 cm³/mol. The summed E-state index contributed by atoms with van der Waals surface area (Å²) in [4.78, 5) is 7.87. The third kappa shape index (κ3) is 2.73. The Balaban J connectivity index is 1.94. The Kier molecular flexibility index (Phi) is 3.09. The van der Waals surface area contributed by atoms with Gasteiger partial charge >= 0.3 is 0 Å². The molecule has 1 unspecified atom stereocenters. The third-order valence-corrected chi connectivity index (χ3v) is 2.59. The molecule has 6 nitrogen and oxygen atoms in total. The molecule has 1 aromatic heterocycles. The highest BCUT2D eigenvalue weighted by Gasteiger charge is 2.29. The van der Waals surface area contributed by atoms with Crippen molar-refractivity contribution < 1.29 is 9.84 Å². The van der Waals surface area contributed by atoms with Gasteiger partial charge in [0.2, 0.25) is 11.8 Å². The van der Waals surface area contributed by atoms with Crippen LogP contribution in [0.5, 0.6) is 5.88 Å². The van der Waals surface area contributed by atoms with E-state index >= 15 is 0 Å². The number of ether oxygens (including phenoxy) is 1. The molecule has 0 amide bonds. The van der Waals surface area contributed by atoms with Crippen LogP contribution in [0, 0.1) is 5.92 Å². The molecule has 0 aliphatic heterocycles. The fourth-order valence-electron chi connectivity index (χ4n) is 1.49. The molecular weight excluding hydrogens is 208 g/mol. The Morgan fingerprint density at radius 2 is 2.38 bits per heavy atom. The Hall–Kier alpha value is -1.56. The van der Waals surface area contributed by atoms with Gasteiger partial charge in [-0.05, 0) is 18.8 Å². The van der Waals surface area contributed by atoms with Gasteiger partial charge in [-0.25, -0.2) is 0 Å². The quantitative estimate of drug-likeness (QED) is 0.664. The molecule has 1 aliphatic carbocycles. The lowest BCUT2D eigenvalue weighted by Crippen LogP contribution is -2.22. The number of nitrogens with one attached hydrogen (secondary N) is 1. The molecule has 16 heavy (non-hydrogen) atoms. The molecule has 1 aliphatic rings. The standard InChI is InChI=1S/C10H16N4O2/c1-16-9-4-8(13-10(11)14-9)12-5-7(15)6-2-3-6/h4,6-7,15H,2-3,5H2,1H3,(H3,11,12,13,14).